The highest BCUT2D eigenvalue weighted by atomic mass is 32.1. The first-order valence-corrected chi connectivity index (χ1v) is 12.2. The van der Waals surface area contributed by atoms with Gasteiger partial charge in [-0.2, -0.15) is 0 Å². The molecule has 3 aromatic rings. The Morgan fingerprint density at radius 1 is 1.00 bits per heavy atom. The lowest BCUT2D eigenvalue weighted by Gasteiger charge is -2.26. The monoisotopic (exact) mass is 493 g/mol. The number of carbonyl (C=O) groups excluding carboxylic acids is 2. The van der Waals surface area contributed by atoms with Gasteiger partial charge in [0, 0.05) is 16.5 Å². The number of methoxy groups -OCH3 is 1. The average molecular weight is 494 g/mol. The first-order chi connectivity index (χ1) is 17.0. The molecule has 8 heteroatoms. The van der Waals surface area contributed by atoms with Gasteiger partial charge >= 0.3 is 0 Å². The average Bonchev–Trinajstić information content (AvgIpc) is 3.46. The molecule has 2 heterocycles. The number of ketones is 1. The number of hydrogen-bond acceptors (Lipinski definition) is 7. The smallest absolute Gasteiger partial charge is 0.295 e. The zero-order chi connectivity index (χ0) is 24.9. The number of nitrogens with zero attached hydrogens (tertiary/aromatic N) is 1. The fourth-order valence-corrected chi connectivity index (χ4v) is 4.91. The first kappa shape index (κ1) is 24.3. The van der Waals surface area contributed by atoms with Crippen LogP contribution in [0.1, 0.15) is 35.9 Å². The minimum Gasteiger partial charge on any atom is -0.507 e. The molecule has 1 unspecified atom stereocenters. The van der Waals surface area contributed by atoms with Crippen molar-refractivity contribution in [3.63, 3.8) is 0 Å². The summed E-state index contributed by atoms with van der Waals surface area (Å²) in [5.74, 6) is -0.296. The molecule has 1 fully saturated rings. The summed E-state index contributed by atoms with van der Waals surface area (Å²) in [6, 6.07) is 15.1. The summed E-state index contributed by atoms with van der Waals surface area (Å²) in [6.07, 6.45) is 0. The number of benzene rings is 2. The van der Waals surface area contributed by atoms with E-state index in [1.807, 2.05) is 43.5 Å². The number of thiophene rings is 1. The molecule has 1 N–H and O–H groups in total. The Kier molecular flexibility index (Phi) is 7.41. The summed E-state index contributed by atoms with van der Waals surface area (Å²) in [5.41, 5.74) is 0.904. The predicted octanol–water partition coefficient (Wildman–Crippen LogP) is 5.18. The van der Waals surface area contributed by atoms with Gasteiger partial charge in [0.2, 0.25) is 0 Å². The highest BCUT2D eigenvalue weighted by Gasteiger charge is 2.47. The third-order valence-corrected chi connectivity index (χ3v) is 6.56. The largest absolute Gasteiger partial charge is 0.507 e. The summed E-state index contributed by atoms with van der Waals surface area (Å²) >= 11 is 1.49. The maximum absolute atomic E-state index is 13.4. The van der Waals surface area contributed by atoms with Gasteiger partial charge in [0.05, 0.1) is 44.0 Å². The van der Waals surface area contributed by atoms with E-state index in [1.54, 1.807) is 30.3 Å². The minimum absolute atomic E-state index is 0.0128. The van der Waals surface area contributed by atoms with Crippen molar-refractivity contribution in [3.8, 4) is 17.2 Å². The van der Waals surface area contributed by atoms with Crippen molar-refractivity contribution >= 4 is 28.8 Å². The molecule has 0 radical (unpaired) electrons. The number of hydrogen-bond donors (Lipinski definition) is 1. The number of Topliss-reactive ketones (excluding diaryl/α,β-unsaturated/α-hetero) is 1. The number of aliphatic hydroxyl groups is 1. The number of amides is 1. The molecule has 0 bridgehead atoms. The van der Waals surface area contributed by atoms with Crippen LogP contribution in [0.5, 0.6) is 17.2 Å². The van der Waals surface area contributed by atoms with Crippen molar-refractivity contribution < 1.29 is 28.9 Å². The molecule has 0 spiro atoms. The second-order valence-corrected chi connectivity index (χ2v) is 8.80. The van der Waals surface area contributed by atoms with Gasteiger partial charge in [-0.25, -0.2) is 0 Å². The van der Waals surface area contributed by atoms with Crippen molar-refractivity contribution in [2.45, 2.75) is 26.4 Å². The van der Waals surface area contributed by atoms with Crippen LogP contribution in [0.2, 0.25) is 0 Å². The molecule has 1 aliphatic rings. The number of aliphatic hydroxyl groups excluding tert-OH is 1. The van der Waals surface area contributed by atoms with E-state index in [0.717, 1.165) is 4.88 Å². The molecule has 1 aliphatic heterocycles. The molecule has 182 valence electrons. The molecule has 1 amide bonds. The zero-order valence-electron chi connectivity index (χ0n) is 19.8. The lowest BCUT2D eigenvalue weighted by atomic mass is 9.94. The number of ether oxygens (including phenoxy) is 3. The topological polar surface area (TPSA) is 85.3 Å². The van der Waals surface area contributed by atoms with Gasteiger partial charge in [-0.05, 0) is 43.5 Å². The number of likely N-dealkylation sites (tertiary alicyclic amines) is 1. The molecule has 4 rings (SSSR count). The van der Waals surface area contributed by atoms with E-state index >= 15 is 0 Å². The number of para-hydroxylation sites is 1. The van der Waals surface area contributed by atoms with Crippen LogP contribution in [0.4, 0.5) is 0 Å². The summed E-state index contributed by atoms with van der Waals surface area (Å²) in [5, 5.41) is 13.4. The Labute approximate surface area is 208 Å². The zero-order valence-corrected chi connectivity index (χ0v) is 20.6. The highest BCUT2D eigenvalue weighted by Crippen LogP contribution is 2.44. The maximum atomic E-state index is 13.4. The molecule has 35 heavy (non-hydrogen) atoms. The van der Waals surface area contributed by atoms with Gasteiger partial charge in [0.1, 0.15) is 23.0 Å². The fourth-order valence-electron chi connectivity index (χ4n) is 4.20. The Bertz CT molecular complexity index is 1250. The van der Waals surface area contributed by atoms with Gasteiger partial charge in [0.25, 0.3) is 11.7 Å². The molecule has 1 saturated heterocycles. The highest BCUT2D eigenvalue weighted by molar-refractivity contribution is 7.09. The van der Waals surface area contributed by atoms with Crippen LogP contribution in [-0.2, 0) is 16.1 Å². The lowest BCUT2D eigenvalue weighted by Crippen LogP contribution is -2.29. The van der Waals surface area contributed by atoms with Crippen LogP contribution in [0.15, 0.2) is 65.6 Å². The predicted molar refractivity (Wildman–Crippen MR) is 134 cm³/mol. The summed E-state index contributed by atoms with van der Waals surface area (Å²) in [4.78, 5) is 29.0. The quantitative estimate of drug-likeness (QED) is 0.251. The van der Waals surface area contributed by atoms with E-state index < -0.39 is 17.7 Å². The molecule has 7 nitrogen and oxygen atoms in total. The molecule has 0 aliphatic carbocycles. The van der Waals surface area contributed by atoms with Gasteiger partial charge < -0.3 is 24.2 Å². The fraction of sp³-hybridized carbons (Fsp3) is 0.259. The van der Waals surface area contributed by atoms with Crippen LogP contribution >= 0.6 is 11.3 Å². The Morgan fingerprint density at radius 2 is 1.77 bits per heavy atom. The number of rotatable bonds is 9. The van der Waals surface area contributed by atoms with Crippen LogP contribution in [0.25, 0.3) is 5.76 Å². The molecular formula is C27H27NO6S. The van der Waals surface area contributed by atoms with Gasteiger partial charge in [-0.15, -0.1) is 11.3 Å². The Balaban J connectivity index is 1.91. The third-order valence-electron chi connectivity index (χ3n) is 5.70. The van der Waals surface area contributed by atoms with Crippen molar-refractivity contribution in [1.82, 2.24) is 4.90 Å². The van der Waals surface area contributed by atoms with Crippen LogP contribution in [0, 0.1) is 0 Å². The SMILES string of the molecule is CCOc1ccc(/C(O)=C2\C(=O)C(=O)N(Cc3cccs3)C2c2ccccc2OC)c(OCC)c1. The van der Waals surface area contributed by atoms with Crippen molar-refractivity contribution in [2.24, 2.45) is 0 Å². The van der Waals surface area contributed by atoms with Crippen molar-refractivity contribution in [3.05, 3.63) is 81.6 Å². The van der Waals surface area contributed by atoms with Gasteiger partial charge in [-0.3, -0.25) is 9.59 Å². The van der Waals surface area contributed by atoms with E-state index in [4.69, 9.17) is 14.2 Å². The number of carbonyl (C=O) groups is 2. The van der Waals surface area contributed by atoms with E-state index in [9.17, 15) is 14.7 Å². The van der Waals surface area contributed by atoms with Crippen molar-refractivity contribution in [2.75, 3.05) is 20.3 Å². The van der Waals surface area contributed by atoms with E-state index in [-0.39, 0.29) is 17.9 Å². The van der Waals surface area contributed by atoms with Gasteiger partial charge in [-0.1, -0.05) is 24.3 Å². The third kappa shape index (κ3) is 4.74. The summed E-state index contributed by atoms with van der Waals surface area (Å²) < 4.78 is 16.9. The standard InChI is InChI=1S/C27H27NO6S/c1-4-33-17-12-13-20(22(15-17)34-5-2)25(29)23-24(19-10-6-7-11-21(19)32-3)28(27(31)26(23)30)16-18-9-8-14-35-18/h6-15,24,29H,4-5,16H2,1-3H3/b25-23+. The van der Waals surface area contributed by atoms with Crippen LogP contribution < -0.4 is 14.2 Å². The minimum atomic E-state index is -0.839. The molecular weight excluding hydrogens is 466 g/mol. The van der Waals surface area contributed by atoms with Crippen LogP contribution in [0.3, 0.4) is 0 Å². The van der Waals surface area contributed by atoms with Gasteiger partial charge in [0.15, 0.2) is 0 Å². The second-order valence-electron chi connectivity index (χ2n) is 7.77. The van der Waals surface area contributed by atoms with E-state index in [2.05, 4.69) is 0 Å². The molecule has 0 saturated carbocycles. The van der Waals surface area contributed by atoms with Crippen molar-refractivity contribution in [1.29, 1.82) is 0 Å². The second kappa shape index (κ2) is 10.7. The molecule has 2 aromatic carbocycles. The van der Waals surface area contributed by atoms with Crippen LogP contribution in [-0.4, -0.2) is 42.0 Å². The Hall–Kier alpha value is -3.78. The lowest BCUT2D eigenvalue weighted by molar-refractivity contribution is -0.140. The summed E-state index contributed by atoms with van der Waals surface area (Å²) in [7, 11) is 1.53. The first-order valence-electron chi connectivity index (χ1n) is 11.3. The maximum Gasteiger partial charge on any atom is 0.295 e. The molecule has 1 aromatic heterocycles. The summed E-state index contributed by atoms with van der Waals surface area (Å²) in [6.45, 7) is 4.74. The molecule has 1 atom stereocenters. The van der Waals surface area contributed by atoms with E-state index in [1.165, 1.54) is 23.3 Å². The normalized spacial score (nSPS) is 17.0. The Morgan fingerprint density at radius 3 is 2.46 bits per heavy atom. The van der Waals surface area contributed by atoms with E-state index in [0.29, 0.717) is 41.6 Å².